The number of benzene rings is 1. The molecule has 1 aromatic heterocycles. The number of amides is 1. The van der Waals surface area contributed by atoms with Gasteiger partial charge in [-0.1, -0.05) is 35.9 Å². The number of hydrogen-bond donors (Lipinski definition) is 2. The van der Waals surface area contributed by atoms with E-state index in [2.05, 4.69) is 15.6 Å². The van der Waals surface area contributed by atoms with E-state index in [9.17, 15) is 4.79 Å². The summed E-state index contributed by atoms with van der Waals surface area (Å²) >= 11 is 6.15. The lowest BCUT2D eigenvalue weighted by atomic mass is 10.1. The topological polar surface area (TPSA) is 63.2 Å². The van der Waals surface area contributed by atoms with Gasteiger partial charge in [0.15, 0.2) is 0 Å². The third-order valence-corrected chi connectivity index (χ3v) is 5.46. The predicted octanol–water partition coefficient (Wildman–Crippen LogP) is 2.63. The molecule has 6 heteroatoms. The van der Waals surface area contributed by atoms with Gasteiger partial charge in [-0.2, -0.15) is 0 Å². The van der Waals surface area contributed by atoms with Crippen LogP contribution in [0.3, 0.4) is 0 Å². The molecule has 2 aromatic rings. The van der Waals surface area contributed by atoms with Gasteiger partial charge in [0.1, 0.15) is 17.5 Å². The number of pyridine rings is 1. The molecule has 0 radical (unpaired) electrons. The largest absolute Gasteiger partial charge is 0.489 e. The number of nitrogens with one attached hydrogen (secondary N) is 2. The lowest BCUT2D eigenvalue weighted by Crippen LogP contribution is -2.49. The molecular weight excluding hydrogens is 338 g/mol. The zero-order chi connectivity index (χ0) is 17.6. The summed E-state index contributed by atoms with van der Waals surface area (Å²) in [6, 6.07) is 7.75. The first-order valence-corrected chi connectivity index (χ1v) is 9.03. The monoisotopic (exact) mass is 359 g/mol. The Bertz CT molecular complexity index is 813. The molecule has 1 saturated carbocycles. The second kappa shape index (κ2) is 6.15. The van der Waals surface area contributed by atoms with Crippen LogP contribution in [0.4, 0.5) is 0 Å². The Morgan fingerprint density at radius 2 is 2.00 bits per heavy atom. The fraction of sp³-hybridized carbons (Fsp3) is 0.474. The summed E-state index contributed by atoms with van der Waals surface area (Å²) < 4.78 is 5.99. The molecule has 4 rings (SSSR count). The van der Waals surface area contributed by atoms with Crippen molar-refractivity contribution in [2.45, 2.75) is 19.4 Å². The lowest BCUT2D eigenvalue weighted by Gasteiger charge is -2.27. The minimum Gasteiger partial charge on any atom is -0.489 e. The van der Waals surface area contributed by atoms with Crippen LogP contribution in [0.5, 0.6) is 5.75 Å². The minimum absolute atomic E-state index is 0.143. The summed E-state index contributed by atoms with van der Waals surface area (Å²) in [5, 5.41) is 8.70. The first kappa shape index (κ1) is 16.6. The van der Waals surface area contributed by atoms with Crippen molar-refractivity contribution >= 4 is 28.3 Å². The van der Waals surface area contributed by atoms with E-state index in [-0.39, 0.29) is 11.8 Å². The van der Waals surface area contributed by atoms with Crippen LogP contribution in [-0.4, -0.2) is 36.1 Å². The summed E-state index contributed by atoms with van der Waals surface area (Å²) in [4.78, 5) is 16.7. The molecule has 1 unspecified atom stereocenters. The van der Waals surface area contributed by atoms with Crippen LogP contribution in [0.1, 0.15) is 13.8 Å². The van der Waals surface area contributed by atoms with Gasteiger partial charge >= 0.3 is 0 Å². The fourth-order valence-corrected chi connectivity index (χ4v) is 3.98. The average Bonchev–Trinajstić information content (AvgIpc) is 3.08. The van der Waals surface area contributed by atoms with Crippen molar-refractivity contribution in [2.75, 3.05) is 19.7 Å². The van der Waals surface area contributed by atoms with Crippen LogP contribution in [-0.2, 0) is 4.79 Å². The van der Waals surface area contributed by atoms with Crippen molar-refractivity contribution in [3.8, 4) is 5.75 Å². The average molecular weight is 360 g/mol. The lowest BCUT2D eigenvalue weighted by molar-refractivity contribution is -0.125. The highest BCUT2D eigenvalue weighted by molar-refractivity contribution is 6.34. The number of fused-ring (bicyclic) bond motifs is 2. The van der Waals surface area contributed by atoms with Gasteiger partial charge in [-0.25, -0.2) is 4.98 Å². The molecule has 1 amide bonds. The maximum absolute atomic E-state index is 12.5. The van der Waals surface area contributed by atoms with Gasteiger partial charge in [-0.05, 0) is 38.8 Å². The van der Waals surface area contributed by atoms with Gasteiger partial charge in [0.25, 0.3) is 0 Å². The van der Waals surface area contributed by atoms with E-state index >= 15 is 0 Å². The van der Waals surface area contributed by atoms with E-state index in [0.29, 0.717) is 29.3 Å². The molecule has 132 valence electrons. The zero-order valence-corrected chi connectivity index (χ0v) is 15.1. The summed E-state index contributed by atoms with van der Waals surface area (Å²) in [5.74, 6) is 2.01. The maximum atomic E-state index is 12.5. The smallest absolute Gasteiger partial charge is 0.224 e. The molecule has 1 aliphatic heterocycles. The van der Waals surface area contributed by atoms with Gasteiger partial charge in [-0.3, -0.25) is 4.79 Å². The Balaban J connectivity index is 1.42. The van der Waals surface area contributed by atoms with Crippen molar-refractivity contribution in [1.82, 2.24) is 15.6 Å². The minimum atomic E-state index is -0.456. The molecule has 0 bridgehead atoms. The number of ether oxygens (including phenoxy) is 1. The SMILES string of the molecule is CC(C)(COc1cnc(Cl)c2ccccc12)NC(=O)[C@@H]1C2CNC[C@H]21. The van der Waals surface area contributed by atoms with Gasteiger partial charge in [0, 0.05) is 16.7 Å². The number of nitrogens with zero attached hydrogens (tertiary/aromatic N) is 1. The first-order chi connectivity index (χ1) is 12.0. The molecule has 3 atom stereocenters. The Hall–Kier alpha value is -1.85. The summed E-state index contributed by atoms with van der Waals surface area (Å²) in [6.45, 7) is 6.25. The van der Waals surface area contributed by atoms with E-state index in [0.717, 1.165) is 23.9 Å². The molecule has 0 spiro atoms. The van der Waals surface area contributed by atoms with E-state index in [1.807, 2.05) is 38.1 Å². The van der Waals surface area contributed by atoms with Crippen LogP contribution < -0.4 is 15.4 Å². The number of carbonyl (C=O) groups excluding carboxylic acids is 1. The summed E-state index contributed by atoms with van der Waals surface area (Å²) in [7, 11) is 0. The highest BCUT2D eigenvalue weighted by Gasteiger charge is 2.57. The quantitative estimate of drug-likeness (QED) is 0.805. The zero-order valence-electron chi connectivity index (χ0n) is 14.4. The molecule has 25 heavy (non-hydrogen) atoms. The number of carbonyl (C=O) groups is 1. The normalized spacial score (nSPS) is 24.8. The Morgan fingerprint density at radius 3 is 2.72 bits per heavy atom. The highest BCUT2D eigenvalue weighted by atomic mass is 35.5. The van der Waals surface area contributed by atoms with E-state index in [1.54, 1.807) is 6.20 Å². The maximum Gasteiger partial charge on any atom is 0.224 e. The standard InChI is InChI=1S/C19H22ClN3O2/c1-19(2,23-18(24)16-13-7-21-8-14(13)16)10-25-15-9-22-17(20)12-6-4-3-5-11(12)15/h3-6,9,13-14,16,21H,7-8,10H2,1-2H3,(H,23,24)/t13-,14?,16+/m1/s1. The molecule has 1 aromatic carbocycles. The van der Waals surface area contributed by atoms with Gasteiger partial charge in [-0.15, -0.1) is 0 Å². The molecular formula is C19H22ClN3O2. The molecule has 2 fully saturated rings. The fourth-order valence-electron chi connectivity index (χ4n) is 3.77. The highest BCUT2D eigenvalue weighted by Crippen LogP contribution is 2.48. The third kappa shape index (κ3) is 3.18. The van der Waals surface area contributed by atoms with Crippen molar-refractivity contribution in [1.29, 1.82) is 0 Å². The van der Waals surface area contributed by atoms with Gasteiger partial charge < -0.3 is 15.4 Å². The Labute approximate surface area is 152 Å². The van der Waals surface area contributed by atoms with Gasteiger partial charge in [0.2, 0.25) is 5.91 Å². The number of piperidine rings is 1. The third-order valence-electron chi connectivity index (χ3n) is 5.15. The predicted molar refractivity (Wildman–Crippen MR) is 97.8 cm³/mol. The number of aromatic nitrogens is 1. The Kier molecular flexibility index (Phi) is 4.08. The molecule has 5 nitrogen and oxygen atoms in total. The molecule has 2 N–H and O–H groups in total. The first-order valence-electron chi connectivity index (χ1n) is 8.65. The van der Waals surface area contributed by atoms with Crippen molar-refractivity contribution in [2.24, 2.45) is 17.8 Å². The van der Waals surface area contributed by atoms with E-state index < -0.39 is 5.54 Å². The van der Waals surface area contributed by atoms with Crippen LogP contribution >= 0.6 is 11.6 Å². The van der Waals surface area contributed by atoms with Crippen molar-refractivity contribution < 1.29 is 9.53 Å². The summed E-state index contributed by atoms with van der Waals surface area (Å²) in [6.07, 6.45) is 1.64. The molecule has 2 aliphatic rings. The van der Waals surface area contributed by atoms with Crippen LogP contribution in [0.2, 0.25) is 5.15 Å². The number of halogens is 1. The summed E-state index contributed by atoms with van der Waals surface area (Å²) in [5.41, 5.74) is -0.456. The van der Waals surface area contributed by atoms with E-state index in [1.165, 1.54) is 0 Å². The van der Waals surface area contributed by atoms with Crippen molar-refractivity contribution in [3.05, 3.63) is 35.6 Å². The molecule has 1 saturated heterocycles. The van der Waals surface area contributed by atoms with E-state index in [4.69, 9.17) is 16.3 Å². The molecule has 2 heterocycles. The second-order valence-electron chi connectivity index (χ2n) is 7.63. The van der Waals surface area contributed by atoms with Gasteiger partial charge in [0.05, 0.1) is 11.7 Å². The number of hydrogen-bond acceptors (Lipinski definition) is 4. The number of rotatable bonds is 5. The second-order valence-corrected chi connectivity index (χ2v) is 7.99. The Morgan fingerprint density at radius 1 is 1.32 bits per heavy atom. The van der Waals surface area contributed by atoms with Crippen LogP contribution in [0.15, 0.2) is 30.5 Å². The van der Waals surface area contributed by atoms with Crippen LogP contribution in [0.25, 0.3) is 10.8 Å². The van der Waals surface area contributed by atoms with Crippen molar-refractivity contribution in [3.63, 3.8) is 0 Å². The van der Waals surface area contributed by atoms with Crippen LogP contribution in [0, 0.1) is 17.8 Å². The molecule has 1 aliphatic carbocycles.